The smallest absolute Gasteiger partial charge is 0.129 e. The van der Waals surface area contributed by atoms with Crippen molar-refractivity contribution in [1.82, 2.24) is 4.98 Å². The van der Waals surface area contributed by atoms with E-state index >= 15 is 0 Å². The van der Waals surface area contributed by atoms with E-state index in [1.54, 1.807) is 0 Å². The molecule has 80 valence electrons. The molecular formula is C12H15ClN2. The molecule has 3 unspecified atom stereocenters. The Balaban J connectivity index is 1.87. The Kier molecular flexibility index (Phi) is 2.22. The number of nitrogens with zero attached hydrogens (tertiary/aromatic N) is 1. The largest absolute Gasteiger partial charge is 0.327 e. The molecule has 15 heavy (non-hydrogen) atoms. The van der Waals surface area contributed by atoms with Crippen LogP contribution >= 0.6 is 11.6 Å². The lowest BCUT2D eigenvalue weighted by molar-refractivity contribution is 0.417. The fourth-order valence-corrected chi connectivity index (χ4v) is 3.49. The Morgan fingerprint density at radius 1 is 1.33 bits per heavy atom. The van der Waals surface area contributed by atoms with Crippen LogP contribution in [0.25, 0.3) is 0 Å². The fourth-order valence-electron chi connectivity index (χ4n) is 3.38. The van der Waals surface area contributed by atoms with E-state index in [-0.39, 0.29) is 0 Å². The second-order valence-electron chi connectivity index (χ2n) is 4.84. The van der Waals surface area contributed by atoms with Gasteiger partial charge in [-0.3, -0.25) is 0 Å². The third-order valence-corrected chi connectivity index (χ3v) is 4.39. The minimum Gasteiger partial charge on any atom is -0.327 e. The van der Waals surface area contributed by atoms with Gasteiger partial charge in [-0.15, -0.1) is 0 Å². The van der Waals surface area contributed by atoms with Crippen LogP contribution in [0.5, 0.6) is 0 Å². The molecule has 2 aliphatic rings. The zero-order chi connectivity index (χ0) is 10.4. The van der Waals surface area contributed by atoms with Crippen molar-refractivity contribution in [2.75, 3.05) is 0 Å². The number of nitrogens with two attached hydrogens (primary N) is 1. The fraction of sp³-hybridized carbons (Fsp3) is 0.583. The van der Waals surface area contributed by atoms with Crippen LogP contribution in [0.3, 0.4) is 0 Å². The molecule has 2 bridgehead atoms. The first-order valence-corrected chi connectivity index (χ1v) is 6.00. The van der Waals surface area contributed by atoms with Crippen LogP contribution in [-0.4, -0.2) is 11.0 Å². The van der Waals surface area contributed by atoms with Crippen LogP contribution in [-0.2, 0) is 0 Å². The first-order chi connectivity index (χ1) is 7.25. The average molecular weight is 223 g/mol. The summed E-state index contributed by atoms with van der Waals surface area (Å²) in [6.45, 7) is 0. The van der Waals surface area contributed by atoms with Crippen molar-refractivity contribution in [2.45, 2.75) is 31.2 Å². The van der Waals surface area contributed by atoms with E-state index < -0.39 is 0 Å². The van der Waals surface area contributed by atoms with Crippen LogP contribution in [0.2, 0.25) is 5.15 Å². The van der Waals surface area contributed by atoms with E-state index in [1.807, 2.05) is 12.3 Å². The summed E-state index contributed by atoms with van der Waals surface area (Å²) in [7, 11) is 0. The van der Waals surface area contributed by atoms with E-state index in [1.165, 1.54) is 24.8 Å². The maximum Gasteiger partial charge on any atom is 0.129 e. The number of rotatable bonds is 1. The maximum atomic E-state index is 6.20. The molecule has 4 atom stereocenters. The van der Waals surface area contributed by atoms with Gasteiger partial charge in [0, 0.05) is 12.2 Å². The van der Waals surface area contributed by atoms with Gasteiger partial charge < -0.3 is 5.73 Å². The van der Waals surface area contributed by atoms with E-state index in [9.17, 15) is 0 Å². The molecular weight excluding hydrogens is 208 g/mol. The molecule has 3 rings (SSSR count). The van der Waals surface area contributed by atoms with Crippen molar-refractivity contribution in [3.63, 3.8) is 0 Å². The molecule has 1 aromatic rings. The van der Waals surface area contributed by atoms with Crippen molar-refractivity contribution < 1.29 is 0 Å². The molecule has 1 heterocycles. The molecule has 0 aliphatic heterocycles. The minimum absolute atomic E-state index is 0.422. The van der Waals surface area contributed by atoms with Crippen molar-refractivity contribution in [3.8, 4) is 0 Å². The third-order valence-electron chi connectivity index (χ3n) is 4.16. The van der Waals surface area contributed by atoms with Gasteiger partial charge in [0.15, 0.2) is 0 Å². The third kappa shape index (κ3) is 1.47. The summed E-state index contributed by atoms with van der Waals surface area (Å²) in [6.07, 6.45) is 5.78. The second-order valence-corrected chi connectivity index (χ2v) is 5.22. The summed E-state index contributed by atoms with van der Waals surface area (Å²) in [4.78, 5) is 4.16. The molecule has 0 spiro atoms. The molecule has 2 N–H and O–H groups in total. The van der Waals surface area contributed by atoms with Crippen molar-refractivity contribution in [3.05, 3.63) is 29.0 Å². The summed E-state index contributed by atoms with van der Waals surface area (Å²) in [5, 5.41) is 0.575. The van der Waals surface area contributed by atoms with Gasteiger partial charge in [0.25, 0.3) is 0 Å². The van der Waals surface area contributed by atoms with E-state index in [4.69, 9.17) is 17.3 Å². The van der Waals surface area contributed by atoms with Gasteiger partial charge >= 0.3 is 0 Å². The highest BCUT2D eigenvalue weighted by Gasteiger charge is 2.46. The first-order valence-electron chi connectivity index (χ1n) is 5.63. The Morgan fingerprint density at radius 3 is 2.73 bits per heavy atom. The highest BCUT2D eigenvalue weighted by molar-refractivity contribution is 6.29. The summed E-state index contributed by atoms with van der Waals surface area (Å²) in [5.74, 6) is 2.05. The number of pyridine rings is 1. The predicted molar refractivity (Wildman–Crippen MR) is 60.8 cm³/mol. The molecule has 2 aliphatic carbocycles. The van der Waals surface area contributed by atoms with Crippen LogP contribution < -0.4 is 5.73 Å². The molecule has 1 aromatic heterocycles. The lowest BCUT2D eigenvalue weighted by Crippen LogP contribution is -2.25. The first kappa shape index (κ1) is 9.61. The number of halogens is 1. The van der Waals surface area contributed by atoms with E-state index in [2.05, 4.69) is 11.1 Å². The molecule has 2 nitrogen and oxygen atoms in total. The molecule has 2 saturated carbocycles. The van der Waals surface area contributed by atoms with Gasteiger partial charge in [-0.25, -0.2) is 4.98 Å². The van der Waals surface area contributed by atoms with Gasteiger partial charge in [0.1, 0.15) is 5.15 Å². The summed E-state index contributed by atoms with van der Waals surface area (Å²) >= 11 is 5.79. The van der Waals surface area contributed by atoms with Gasteiger partial charge in [-0.1, -0.05) is 17.7 Å². The Bertz CT molecular complexity index is 362. The van der Waals surface area contributed by atoms with Crippen molar-refractivity contribution in [1.29, 1.82) is 0 Å². The van der Waals surface area contributed by atoms with E-state index in [0.29, 0.717) is 23.0 Å². The van der Waals surface area contributed by atoms with Crippen molar-refractivity contribution >= 4 is 11.6 Å². The highest BCUT2D eigenvalue weighted by Crippen LogP contribution is 2.51. The van der Waals surface area contributed by atoms with Crippen LogP contribution in [0.4, 0.5) is 0 Å². The lowest BCUT2D eigenvalue weighted by atomic mass is 9.84. The standard InChI is InChI=1S/C12H15ClN2/c13-11-4-2-8(6-15-11)10-5-7-1-3-9(10)12(7)14/h2,4,6-7,9-10,12H,1,3,5,14H2/t7?,9?,10-,12?/m1/s1. The molecule has 0 aromatic carbocycles. The monoisotopic (exact) mass is 222 g/mol. The van der Waals surface area contributed by atoms with E-state index in [0.717, 1.165) is 5.92 Å². The van der Waals surface area contributed by atoms with Gasteiger partial charge in [-0.2, -0.15) is 0 Å². The van der Waals surface area contributed by atoms with Gasteiger partial charge in [0.05, 0.1) is 0 Å². The Morgan fingerprint density at radius 2 is 2.20 bits per heavy atom. The SMILES string of the molecule is NC1C2CCC1[C@@H](c1ccc(Cl)nc1)C2. The summed E-state index contributed by atoms with van der Waals surface area (Å²) in [5.41, 5.74) is 7.52. The van der Waals surface area contributed by atoms with Crippen LogP contribution in [0.1, 0.15) is 30.7 Å². The quantitative estimate of drug-likeness (QED) is 0.742. The summed E-state index contributed by atoms with van der Waals surface area (Å²) < 4.78 is 0. The molecule has 0 radical (unpaired) electrons. The van der Waals surface area contributed by atoms with Gasteiger partial charge in [0.2, 0.25) is 0 Å². The molecule has 2 fully saturated rings. The number of hydrogen-bond acceptors (Lipinski definition) is 2. The zero-order valence-corrected chi connectivity index (χ0v) is 9.32. The van der Waals surface area contributed by atoms with Gasteiger partial charge in [-0.05, 0) is 48.6 Å². The lowest BCUT2D eigenvalue weighted by Gasteiger charge is -2.21. The molecule has 0 saturated heterocycles. The zero-order valence-electron chi connectivity index (χ0n) is 8.57. The van der Waals surface area contributed by atoms with Crippen molar-refractivity contribution in [2.24, 2.45) is 17.6 Å². The minimum atomic E-state index is 0.422. The molecule has 0 amide bonds. The topological polar surface area (TPSA) is 38.9 Å². The van der Waals surface area contributed by atoms with Crippen LogP contribution in [0.15, 0.2) is 18.3 Å². The number of fused-ring (bicyclic) bond motifs is 2. The Hall–Kier alpha value is -0.600. The number of hydrogen-bond donors (Lipinski definition) is 1. The normalized spacial score (nSPS) is 38.5. The molecule has 3 heteroatoms. The number of aromatic nitrogens is 1. The van der Waals surface area contributed by atoms with Crippen LogP contribution in [0, 0.1) is 11.8 Å². The average Bonchev–Trinajstić information content (AvgIpc) is 2.75. The highest BCUT2D eigenvalue weighted by atomic mass is 35.5. The summed E-state index contributed by atoms with van der Waals surface area (Å²) in [6, 6.07) is 4.41. The second kappa shape index (κ2) is 3.46. The Labute approximate surface area is 94.8 Å². The maximum absolute atomic E-state index is 6.20. The predicted octanol–water partition coefficient (Wildman–Crippen LogP) is 2.58.